The van der Waals surface area contributed by atoms with Crippen LogP contribution in [0, 0.1) is 11.5 Å². The highest BCUT2D eigenvalue weighted by Gasteiger charge is 2.30. The first-order chi connectivity index (χ1) is 8.09. The van der Waals surface area contributed by atoms with E-state index < -0.39 is 17.7 Å². The lowest BCUT2D eigenvalue weighted by molar-refractivity contribution is -0.137. The van der Waals surface area contributed by atoms with Crippen LogP contribution in [0.25, 0.3) is 0 Å². The van der Waals surface area contributed by atoms with Crippen LogP contribution in [0.15, 0.2) is 18.2 Å². The van der Waals surface area contributed by atoms with Crippen LogP contribution >= 0.6 is 0 Å². The normalized spacial score (nSPS) is 12.3. The van der Waals surface area contributed by atoms with Crippen LogP contribution in [-0.2, 0) is 10.9 Å². The van der Waals surface area contributed by atoms with Crippen molar-refractivity contribution in [1.82, 2.24) is 0 Å². The number of alkyl halides is 3. The smallest absolute Gasteiger partial charge is 0.416 e. The molecule has 1 rings (SSSR count). The van der Waals surface area contributed by atoms with Gasteiger partial charge in [-0.3, -0.25) is 0 Å². The average Bonchev–Trinajstić information content (AvgIpc) is 2.24. The summed E-state index contributed by atoms with van der Waals surface area (Å²) in [5.74, 6) is -0.668. The first-order valence-corrected chi connectivity index (χ1v) is 5.36. The summed E-state index contributed by atoms with van der Waals surface area (Å²) < 4.78 is 41.8. The lowest BCUT2D eigenvalue weighted by atomic mass is 9.99. The van der Waals surface area contributed by atoms with E-state index in [4.69, 9.17) is 4.74 Å². The van der Waals surface area contributed by atoms with Crippen LogP contribution in [0.1, 0.15) is 36.7 Å². The molecule has 0 saturated heterocycles. The van der Waals surface area contributed by atoms with Crippen molar-refractivity contribution in [2.75, 3.05) is 6.61 Å². The number of ether oxygens (including phenoxy) is 1. The molecule has 0 unspecified atom stereocenters. The Morgan fingerprint density at radius 3 is 2.28 bits per heavy atom. The lowest BCUT2D eigenvalue weighted by Gasteiger charge is -2.17. The number of rotatable bonds is 2. The Hall–Kier alpha value is -1.52. The molecule has 2 nitrogen and oxygen atoms in total. The third kappa shape index (κ3) is 4.39. The van der Waals surface area contributed by atoms with Gasteiger partial charge in [0.05, 0.1) is 17.7 Å². The molecule has 1 aromatic rings. The molecule has 0 aliphatic rings. The summed E-state index contributed by atoms with van der Waals surface area (Å²) in [4.78, 5) is 11.5. The monoisotopic (exact) mass is 259 g/mol. The van der Waals surface area contributed by atoms with Gasteiger partial charge < -0.3 is 4.74 Å². The molecule has 0 bridgehead atoms. The van der Waals surface area contributed by atoms with Gasteiger partial charge in [-0.15, -0.1) is 0 Å². The molecule has 0 aromatic heterocycles. The van der Waals surface area contributed by atoms with Crippen LogP contribution in [0.5, 0.6) is 0 Å². The number of hydrogen-bond acceptors (Lipinski definition) is 2. The molecular formula is C13H14F3O2. The number of hydrogen-bond donors (Lipinski definition) is 0. The highest BCUT2D eigenvalue weighted by atomic mass is 19.4. The molecule has 0 amide bonds. The van der Waals surface area contributed by atoms with E-state index >= 15 is 0 Å². The summed E-state index contributed by atoms with van der Waals surface area (Å²) in [7, 11) is 0. The van der Waals surface area contributed by atoms with Gasteiger partial charge in [0.15, 0.2) is 0 Å². The Bertz CT molecular complexity index is 413. The second-order valence-corrected chi connectivity index (χ2v) is 5.13. The van der Waals surface area contributed by atoms with Gasteiger partial charge >= 0.3 is 12.1 Å². The minimum Gasteiger partial charge on any atom is -0.462 e. The van der Waals surface area contributed by atoms with Crippen molar-refractivity contribution in [1.29, 1.82) is 0 Å². The highest BCUT2D eigenvalue weighted by Crippen LogP contribution is 2.29. The van der Waals surface area contributed by atoms with Crippen LogP contribution in [-0.4, -0.2) is 12.6 Å². The minimum absolute atomic E-state index is 0.00718. The summed E-state index contributed by atoms with van der Waals surface area (Å²) in [6, 6.07) is 4.93. The molecule has 0 atom stereocenters. The fourth-order valence-corrected chi connectivity index (χ4v) is 1.09. The fraction of sp³-hybridized carbons (Fsp3) is 0.462. The van der Waals surface area contributed by atoms with E-state index in [1.807, 2.05) is 20.8 Å². The summed E-state index contributed by atoms with van der Waals surface area (Å²) in [5.41, 5.74) is -1.04. The van der Waals surface area contributed by atoms with Gasteiger partial charge in [0, 0.05) is 0 Å². The van der Waals surface area contributed by atoms with E-state index in [2.05, 4.69) is 6.07 Å². The van der Waals surface area contributed by atoms with Crippen LogP contribution in [0.3, 0.4) is 0 Å². The van der Waals surface area contributed by atoms with Crippen molar-refractivity contribution >= 4 is 5.97 Å². The number of esters is 1. The average molecular weight is 259 g/mol. The van der Waals surface area contributed by atoms with Gasteiger partial charge in [-0.25, -0.2) is 4.79 Å². The number of carbonyl (C=O) groups is 1. The molecule has 0 heterocycles. The zero-order chi connectivity index (χ0) is 14.0. The molecule has 0 saturated carbocycles. The van der Waals surface area contributed by atoms with Crippen molar-refractivity contribution < 1.29 is 22.7 Å². The standard InChI is InChI=1S/C13H14F3O2/c1-12(2,3)8-18-11(17)9-4-6-10(7-5-9)13(14,15)16/h4,6-7H,8H2,1-3H3. The largest absolute Gasteiger partial charge is 0.462 e. The molecule has 99 valence electrons. The second kappa shape index (κ2) is 5.00. The third-order valence-electron chi connectivity index (χ3n) is 2.00. The molecule has 1 radical (unpaired) electrons. The minimum atomic E-state index is -4.43. The van der Waals surface area contributed by atoms with Gasteiger partial charge in [-0.2, -0.15) is 13.2 Å². The summed E-state index contributed by atoms with van der Waals surface area (Å²) >= 11 is 0. The van der Waals surface area contributed by atoms with Gasteiger partial charge in [0.25, 0.3) is 0 Å². The predicted octanol–water partition coefficient (Wildman–Crippen LogP) is 3.71. The van der Waals surface area contributed by atoms with Crippen molar-refractivity contribution in [2.24, 2.45) is 5.41 Å². The van der Waals surface area contributed by atoms with Crippen LogP contribution in [0.2, 0.25) is 0 Å². The summed E-state index contributed by atoms with van der Waals surface area (Å²) in [5, 5.41) is 0. The molecule has 0 aliphatic heterocycles. The molecule has 0 spiro atoms. The van der Waals surface area contributed by atoms with Crippen molar-refractivity contribution in [2.45, 2.75) is 26.9 Å². The maximum atomic E-state index is 12.3. The predicted molar refractivity (Wildman–Crippen MR) is 60.0 cm³/mol. The van der Waals surface area contributed by atoms with E-state index in [-0.39, 0.29) is 17.6 Å². The van der Waals surface area contributed by atoms with E-state index in [9.17, 15) is 18.0 Å². The van der Waals surface area contributed by atoms with Crippen LogP contribution in [0.4, 0.5) is 13.2 Å². The fourth-order valence-electron chi connectivity index (χ4n) is 1.09. The van der Waals surface area contributed by atoms with Crippen molar-refractivity contribution in [3.8, 4) is 0 Å². The molecule has 0 fully saturated rings. The van der Waals surface area contributed by atoms with Gasteiger partial charge in [-0.1, -0.05) is 20.8 Å². The third-order valence-corrected chi connectivity index (χ3v) is 2.00. The van der Waals surface area contributed by atoms with E-state index in [1.165, 1.54) is 0 Å². The van der Waals surface area contributed by atoms with E-state index in [1.54, 1.807) is 0 Å². The highest BCUT2D eigenvalue weighted by molar-refractivity contribution is 5.89. The quantitative estimate of drug-likeness (QED) is 0.757. The Morgan fingerprint density at radius 2 is 1.89 bits per heavy atom. The van der Waals surface area contributed by atoms with Gasteiger partial charge in [0.2, 0.25) is 0 Å². The molecule has 0 N–H and O–H groups in total. The zero-order valence-electron chi connectivity index (χ0n) is 10.4. The number of carbonyl (C=O) groups excluding carboxylic acids is 1. The van der Waals surface area contributed by atoms with Crippen molar-refractivity contribution in [3.05, 3.63) is 35.4 Å². The molecular weight excluding hydrogens is 245 g/mol. The van der Waals surface area contributed by atoms with E-state index in [0.717, 1.165) is 18.2 Å². The molecule has 5 heteroatoms. The van der Waals surface area contributed by atoms with Crippen LogP contribution < -0.4 is 0 Å². The first kappa shape index (κ1) is 14.5. The maximum absolute atomic E-state index is 12.3. The summed E-state index contributed by atoms with van der Waals surface area (Å²) in [6.45, 7) is 5.85. The first-order valence-electron chi connectivity index (χ1n) is 5.36. The Kier molecular flexibility index (Phi) is 4.04. The second-order valence-electron chi connectivity index (χ2n) is 5.13. The van der Waals surface area contributed by atoms with Gasteiger partial charge in [0.1, 0.15) is 0 Å². The van der Waals surface area contributed by atoms with Crippen molar-refractivity contribution in [3.63, 3.8) is 0 Å². The van der Waals surface area contributed by atoms with E-state index in [0.29, 0.717) is 0 Å². The molecule has 0 aliphatic carbocycles. The zero-order valence-corrected chi connectivity index (χ0v) is 10.4. The Labute approximate surface area is 104 Å². The van der Waals surface area contributed by atoms with Gasteiger partial charge in [-0.05, 0) is 29.7 Å². The lowest BCUT2D eigenvalue weighted by Crippen LogP contribution is -2.18. The SMILES string of the molecule is CC(C)(C)COC(=O)c1[c]cc(C(F)(F)F)cc1. The topological polar surface area (TPSA) is 26.3 Å². The summed E-state index contributed by atoms with van der Waals surface area (Å²) in [6.07, 6.45) is -4.43. The molecule has 1 aromatic carbocycles. The number of benzene rings is 1. The Morgan fingerprint density at radius 1 is 1.28 bits per heavy atom. The Balaban J connectivity index is 2.71. The number of halogens is 3. The maximum Gasteiger partial charge on any atom is 0.416 e. The molecule has 18 heavy (non-hydrogen) atoms.